The molecule has 0 spiro atoms. The minimum absolute atomic E-state index is 0.160. The molecule has 0 saturated carbocycles. The van der Waals surface area contributed by atoms with Crippen molar-refractivity contribution in [3.05, 3.63) is 35.4 Å². The molecular weight excluding hydrogens is 272 g/mol. The molecule has 2 rings (SSSR count). The first-order valence-electron chi connectivity index (χ1n) is 6.24. The van der Waals surface area contributed by atoms with Crippen LogP contribution < -0.4 is 0 Å². The van der Waals surface area contributed by atoms with Crippen molar-refractivity contribution in [1.29, 1.82) is 5.26 Å². The van der Waals surface area contributed by atoms with Crippen LogP contribution in [0.4, 0.5) is 0 Å². The molecule has 1 aromatic heterocycles. The van der Waals surface area contributed by atoms with E-state index in [-0.39, 0.29) is 11.7 Å². The summed E-state index contributed by atoms with van der Waals surface area (Å²) in [5.41, 5.74) is 2.39. The lowest BCUT2D eigenvalue weighted by atomic mass is 10.1. The van der Waals surface area contributed by atoms with Gasteiger partial charge in [-0.1, -0.05) is 30.0 Å². The molecule has 2 aromatic rings. The van der Waals surface area contributed by atoms with Crippen molar-refractivity contribution in [2.24, 2.45) is 0 Å². The first kappa shape index (κ1) is 14.4. The Morgan fingerprint density at radius 1 is 1.50 bits per heavy atom. The number of ether oxygens (including phenoxy) is 1. The maximum Gasteiger partial charge on any atom is 0.316 e. The van der Waals surface area contributed by atoms with Crippen molar-refractivity contribution in [3.63, 3.8) is 0 Å². The van der Waals surface area contributed by atoms with Crippen molar-refractivity contribution >= 4 is 28.6 Å². The van der Waals surface area contributed by atoms with Gasteiger partial charge in [-0.15, -0.1) is 0 Å². The Bertz CT molecular complexity index is 692. The predicted molar refractivity (Wildman–Crippen MR) is 78.6 cm³/mol. The molecule has 102 valence electrons. The van der Waals surface area contributed by atoms with E-state index in [1.807, 2.05) is 31.2 Å². The molecule has 0 amide bonds. The third kappa shape index (κ3) is 3.09. The van der Waals surface area contributed by atoms with Crippen molar-refractivity contribution in [2.45, 2.75) is 18.9 Å². The SMILES string of the molecule is CCOC(=O)CSc1nc2c(C)cccc2cc1C#N. The number of pyridine rings is 1. The average Bonchev–Trinajstić information content (AvgIpc) is 2.45. The number of aryl methyl sites for hydroxylation is 1. The molecule has 0 aliphatic carbocycles. The summed E-state index contributed by atoms with van der Waals surface area (Å²) in [5, 5.41) is 10.7. The summed E-state index contributed by atoms with van der Waals surface area (Å²) in [5.74, 6) is -0.138. The van der Waals surface area contributed by atoms with Crippen molar-refractivity contribution in [3.8, 4) is 6.07 Å². The van der Waals surface area contributed by atoms with Crippen LogP contribution in [0.2, 0.25) is 0 Å². The Morgan fingerprint density at radius 2 is 2.30 bits per heavy atom. The van der Waals surface area contributed by atoms with E-state index >= 15 is 0 Å². The fraction of sp³-hybridized carbons (Fsp3) is 0.267. The molecule has 1 heterocycles. The van der Waals surface area contributed by atoms with Gasteiger partial charge in [0.25, 0.3) is 0 Å². The molecular formula is C15H14N2O2S. The van der Waals surface area contributed by atoms with Gasteiger partial charge >= 0.3 is 5.97 Å². The van der Waals surface area contributed by atoms with Crippen LogP contribution >= 0.6 is 11.8 Å². The second-order valence-corrected chi connectivity index (χ2v) is 5.16. The van der Waals surface area contributed by atoms with Crippen molar-refractivity contribution < 1.29 is 9.53 Å². The van der Waals surface area contributed by atoms with Gasteiger partial charge in [0.15, 0.2) is 0 Å². The second kappa shape index (κ2) is 6.40. The minimum Gasteiger partial charge on any atom is -0.465 e. The lowest BCUT2D eigenvalue weighted by Crippen LogP contribution is -2.07. The Balaban J connectivity index is 2.34. The number of benzene rings is 1. The summed E-state index contributed by atoms with van der Waals surface area (Å²) in [6, 6.07) is 9.77. The van der Waals surface area contributed by atoms with Crippen LogP contribution in [0.5, 0.6) is 0 Å². The summed E-state index contributed by atoms with van der Waals surface area (Å²) < 4.78 is 4.88. The largest absolute Gasteiger partial charge is 0.465 e. The van der Waals surface area contributed by atoms with Crippen molar-refractivity contribution in [2.75, 3.05) is 12.4 Å². The van der Waals surface area contributed by atoms with E-state index in [0.29, 0.717) is 17.2 Å². The number of para-hydroxylation sites is 1. The second-order valence-electron chi connectivity index (χ2n) is 4.19. The fourth-order valence-corrected chi connectivity index (χ4v) is 2.60. The monoisotopic (exact) mass is 286 g/mol. The number of rotatable bonds is 4. The van der Waals surface area contributed by atoms with Gasteiger partial charge in [-0.2, -0.15) is 5.26 Å². The van der Waals surface area contributed by atoms with Gasteiger partial charge in [0.1, 0.15) is 11.1 Å². The summed E-state index contributed by atoms with van der Waals surface area (Å²) in [4.78, 5) is 15.9. The van der Waals surface area contributed by atoms with Gasteiger partial charge in [-0.3, -0.25) is 4.79 Å². The van der Waals surface area contributed by atoms with Gasteiger partial charge in [0, 0.05) is 5.39 Å². The molecule has 4 nitrogen and oxygen atoms in total. The topological polar surface area (TPSA) is 63.0 Å². The van der Waals surface area contributed by atoms with E-state index < -0.39 is 0 Å². The number of carbonyl (C=O) groups excluding carboxylic acids is 1. The summed E-state index contributed by atoms with van der Waals surface area (Å²) in [6.07, 6.45) is 0. The molecule has 0 fully saturated rings. The molecule has 0 bridgehead atoms. The van der Waals surface area contributed by atoms with Gasteiger partial charge in [-0.25, -0.2) is 4.98 Å². The highest BCUT2D eigenvalue weighted by molar-refractivity contribution is 7.99. The van der Waals surface area contributed by atoms with Crippen LogP contribution in [0, 0.1) is 18.3 Å². The lowest BCUT2D eigenvalue weighted by molar-refractivity contribution is -0.139. The Hall–Kier alpha value is -2.06. The smallest absolute Gasteiger partial charge is 0.316 e. The van der Waals surface area contributed by atoms with E-state index in [9.17, 15) is 10.1 Å². The fourth-order valence-electron chi connectivity index (χ4n) is 1.85. The zero-order valence-electron chi connectivity index (χ0n) is 11.3. The number of nitriles is 1. The molecule has 20 heavy (non-hydrogen) atoms. The summed E-state index contributed by atoms with van der Waals surface area (Å²) >= 11 is 1.24. The van der Waals surface area contributed by atoms with E-state index in [0.717, 1.165) is 16.5 Å². The summed E-state index contributed by atoms with van der Waals surface area (Å²) in [7, 11) is 0. The third-order valence-corrected chi connectivity index (χ3v) is 3.73. The first-order chi connectivity index (χ1) is 9.65. The average molecular weight is 286 g/mol. The summed E-state index contributed by atoms with van der Waals surface area (Å²) in [6.45, 7) is 4.09. The zero-order valence-corrected chi connectivity index (χ0v) is 12.2. The number of hydrogen-bond donors (Lipinski definition) is 0. The molecule has 0 saturated heterocycles. The van der Waals surface area contributed by atoms with Crippen LogP contribution in [-0.4, -0.2) is 23.3 Å². The molecule has 0 N–H and O–H groups in total. The number of carbonyl (C=O) groups is 1. The molecule has 0 aliphatic heterocycles. The third-order valence-electron chi connectivity index (χ3n) is 2.77. The normalized spacial score (nSPS) is 10.2. The van der Waals surface area contributed by atoms with Crippen LogP contribution in [0.15, 0.2) is 29.3 Å². The molecule has 0 atom stereocenters. The Kier molecular flexibility index (Phi) is 4.59. The predicted octanol–water partition coefficient (Wildman–Crippen LogP) is 3.07. The van der Waals surface area contributed by atoms with Crippen LogP contribution in [0.3, 0.4) is 0 Å². The van der Waals surface area contributed by atoms with Crippen LogP contribution in [0.1, 0.15) is 18.1 Å². The number of aromatic nitrogens is 1. The number of hydrogen-bond acceptors (Lipinski definition) is 5. The molecule has 0 unspecified atom stereocenters. The highest BCUT2D eigenvalue weighted by Crippen LogP contribution is 2.26. The number of thioether (sulfide) groups is 1. The maximum absolute atomic E-state index is 11.4. The Morgan fingerprint density at radius 3 is 3.00 bits per heavy atom. The number of nitrogens with zero attached hydrogens (tertiary/aromatic N) is 2. The highest BCUT2D eigenvalue weighted by Gasteiger charge is 2.11. The van der Waals surface area contributed by atoms with Gasteiger partial charge in [0.05, 0.1) is 23.4 Å². The molecule has 0 aliphatic rings. The van der Waals surface area contributed by atoms with Gasteiger partial charge in [0.2, 0.25) is 0 Å². The molecule has 0 radical (unpaired) electrons. The maximum atomic E-state index is 11.4. The van der Waals surface area contributed by atoms with Crippen LogP contribution in [0.25, 0.3) is 10.9 Å². The van der Waals surface area contributed by atoms with Crippen molar-refractivity contribution in [1.82, 2.24) is 4.98 Å². The van der Waals surface area contributed by atoms with E-state index in [1.54, 1.807) is 6.92 Å². The van der Waals surface area contributed by atoms with Crippen LogP contribution in [-0.2, 0) is 9.53 Å². The Labute approximate surface area is 121 Å². The molecule has 1 aromatic carbocycles. The number of esters is 1. The van der Waals surface area contributed by atoms with Gasteiger partial charge < -0.3 is 4.74 Å². The quantitative estimate of drug-likeness (QED) is 0.638. The highest BCUT2D eigenvalue weighted by atomic mass is 32.2. The molecule has 5 heteroatoms. The van der Waals surface area contributed by atoms with E-state index in [2.05, 4.69) is 11.1 Å². The lowest BCUT2D eigenvalue weighted by Gasteiger charge is -2.07. The standard InChI is InChI=1S/C15H14N2O2S/c1-3-19-13(18)9-20-15-12(8-16)7-11-6-4-5-10(2)14(11)17-15/h4-7H,3,9H2,1-2H3. The first-order valence-corrected chi connectivity index (χ1v) is 7.23. The van der Waals surface area contributed by atoms with E-state index in [1.165, 1.54) is 11.8 Å². The zero-order chi connectivity index (χ0) is 14.5. The number of fused-ring (bicyclic) bond motifs is 1. The minimum atomic E-state index is -0.298. The van der Waals surface area contributed by atoms with Gasteiger partial charge in [-0.05, 0) is 25.5 Å². The van der Waals surface area contributed by atoms with E-state index in [4.69, 9.17) is 4.74 Å².